The van der Waals surface area contributed by atoms with Gasteiger partial charge in [0, 0.05) is 18.1 Å². The molecule has 7 heteroatoms. The Morgan fingerprint density at radius 3 is 2.73 bits per heavy atom. The lowest BCUT2D eigenvalue weighted by Gasteiger charge is -2.08. The molecule has 0 amide bonds. The Balaban J connectivity index is 2.73. The number of hydrogen-bond acceptors (Lipinski definition) is 4. The maximum atomic E-state index is 10.9. The van der Waals surface area contributed by atoms with Gasteiger partial charge in [0.2, 0.25) is 0 Å². The highest BCUT2D eigenvalue weighted by molar-refractivity contribution is 7.90. The van der Waals surface area contributed by atoms with E-state index in [0.717, 1.165) is 6.26 Å². The van der Waals surface area contributed by atoms with Crippen LogP contribution >= 0.6 is 0 Å². The molecular formula is C8H12N2O4S. The van der Waals surface area contributed by atoms with E-state index in [1.807, 2.05) is 0 Å². The summed E-state index contributed by atoms with van der Waals surface area (Å²) in [5, 5.41) is 8.90. The molecule has 0 fully saturated rings. The number of carboxylic acids is 1. The molecule has 0 aliphatic carbocycles. The lowest BCUT2D eigenvalue weighted by molar-refractivity contribution is -0.138. The maximum Gasteiger partial charge on any atom is 0.312 e. The fraction of sp³-hybridized carbons (Fsp3) is 0.500. The molecular weight excluding hydrogens is 220 g/mol. The summed E-state index contributed by atoms with van der Waals surface area (Å²) in [6.07, 6.45) is 3.89. The van der Waals surface area contributed by atoms with Crippen LogP contribution in [0.3, 0.4) is 0 Å². The first-order valence-electron chi connectivity index (χ1n) is 4.29. The molecule has 0 aliphatic heterocycles. The molecule has 1 unspecified atom stereocenters. The molecule has 0 aliphatic rings. The highest BCUT2D eigenvalue weighted by Gasteiger charge is 2.22. The van der Waals surface area contributed by atoms with Crippen LogP contribution in [0.2, 0.25) is 0 Å². The number of hydrogen-bond donors (Lipinski definition) is 2. The number of aromatic nitrogens is 2. The first-order chi connectivity index (χ1) is 6.90. The molecule has 0 radical (unpaired) electrons. The molecule has 0 aromatic carbocycles. The second-order valence-electron chi connectivity index (χ2n) is 3.32. The number of sulfone groups is 1. The first-order valence-corrected chi connectivity index (χ1v) is 6.35. The fourth-order valence-corrected chi connectivity index (χ4v) is 1.86. The summed E-state index contributed by atoms with van der Waals surface area (Å²) >= 11 is 0. The van der Waals surface area contributed by atoms with Crippen LogP contribution in [0.25, 0.3) is 0 Å². The van der Waals surface area contributed by atoms with Crippen molar-refractivity contribution >= 4 is 15.8 Å². The summed E-state index contributed by atoms with van der Waals surface area (Å²) in [5.41, 5.74) is 0.422. The van der Waals surface area contributed by atoms with Crippen LogP contribution in [-0.4, -0.2) is 41.5 Å². The molecule has 15 heavy (non-hydrogen) atoms. The zero-order valence-electron chi connectivity index (χ0n) is 8.17. The Bertz CT molecular complexity index is 424. The molecule has 84 valence electrons. The van der Waals surface area contributed by atoms with Gasteiger partial charge in [0.25, 0.3) is 0 Å². The molecule has 0 saturated heterocycles. The average Bonchev–Trinajstić information content (AvgIpc) is 2.54. The van der Waals surface area contributed by atoms with E-state index >= 15 is 0 Å². The van der Waals surface area contributed by atoms with Crippen LogP contribution in [0.4, 0.5) is 0 Å². The van der Waals surface area contributed by atoms with E-state index in [4.69, 9.17) is 5.11 Å². The molecule has 0 bridgehead atoms. The van der Waals surface area contributed by atoms with Gasteiger partial charge in [-0.05, 0) is 6.42 Å². The van der Waals surface area contributed by atoms with E-state index in [1.165, 1.54) is 12.5 Å². The van der Waals surface area contributed by atoms with Crippen molar-refractivity contribution in [3.05, 3.63) is 18.2 Å². The summed E-state index contributed by atoms with van der Waals surface area (Å²) in [6, 6.07) is 0. The average molecular weight is 232 g/mol. The number of carbonyl (C=O) groups is 1. The third-order valence-corrected chi connectivity index (χ3v) is 2.95. The van der Waals surface area contributed by atoms with E-state index in [1.54, 1.807) is 0 Å². The fourth-order valence-electron chi connectivity index (χ4n) is 1.20. The molecule has 1 atom stereocenters. The normalized spacial score (nSPS) is 13.7. The lowest BCUT2D eigenvalue weighted by Crippen LogP contribution is -2.16. The van der Waals surface area contributed by atoms with Gasteiger partial charge in [-0.2, -0.15) is 0 Å². The van der Waals surface area contributed by atoms with Crippen LogP contribution < -0.4 is 0 Å². The summed E-state index contributed by atoms with van der Waals surface area (Å²) in [4.78, 5) is 17.2. The zero-order valence-corrected chi connectivity index (χ0v) is 8.99. The van der Waals surface area contributed by atoms with Gasteiger partial charge in [0.15, 0.2) is 0 Å². The summed E-state index contributed by atoms with van der Waals surface area (Å²) in [6.45, 7) is 0. The zero-order chi connectivity index (χ0) is 11.5. The SMILES string of the molecule is CS(=O)(=O)CCC(C(=O)O)c1cnc[nH]1. The maximum absolute atomic E-state index is 10.9. The third-order valence-electron chi connectivity index (χ3n) is 1.97. The predicted octanol–water partition coefficient (Wildman–Crippen LogP) is 0.0126. The first kappa shape index (κ1) is 11.7. The van der Waals surface area contributed by atoms with Crippen LogP contribution in [0.1, 0.15) is 18.0 Å². The monoisotopic (exact) mass is 232 g/mol. The Hall–Kier alpha value is -1.37. The van der Waals surface area contributed by atoms with Crippen molar-refractivity contribution in [2.24, 2.45) is 0 Å². The topological polar surface area (TPSA) is 100 Å². The molecule has 1 aromatic heterocycles. The van der Waals surface area contributed by atoms with Crippen LogP contribution in [-0.2, 0) is 14.6 Å². The van der Waals surface area contributed by atoms with Gasteiger partial charge in [-0.25, -0.2) is 13.4 Å². The minimum atomic E-state index is -3.14. The van der Waals surface area contributed by atoms with Gasteiger partial charge >= 0.3 is 5.97 Å². The van der Waals surface area contributed by atoms with Crippen LogP contribution in [0.15, 0.2) is 12.5 Å². The van der Waals surface area contributed by atoms with Crippen LogP contribution in [0, 0.1) is 0 Å². The van der Waals surface area contributed by atoms with Gasteiger partial charge in [-0.3, -0.25) is 4.79 Å². The lowest BCUT2D eigenvalue weighted by atomic mass is 10.0. The number of imidazole rings is 1. The van der Waals surface area contributed by atoms with Gasteiger partial charge in [-0.1, -0.05) is 0 Å². The predicted molar refractivity (Wildman–Crippen MR) is 53.3 cm³/mol. The van der Waals surface area contributed by atoms with E-state index < -0.39 is 21.7 Å². The van der Waals surface area contributed by atoms with Gasteiger partial charge in [0.1, 0.15) is 9.84 Å². The molecule has 6 nitrogen and oxygen atoms in total. The number of nitrogens with zero attached hydrogens (tertiary/aromatic N) is 1. The van der Waals surface area contributed by atoms with Crippen molar-refractivity contribution in [2.75, 3.05) is 12.0 Å². The van der Waals surface area contributed by atoms with Crippen LogP contribution in [0.5, 0.6) is 0 Å². The number of carboxylic acid groups (broad SMARTS) is 1. The summed E-state index contributed by atoms with van der Waals surface area (Å²) in [5.74, 6) is -2.05. The minimum absolute atomic E-state index is 0.0519. The van der Waals surface area contributed by atoms with E-state index in [-0.39, 0.29) is 12.2 Å². The van der Waals surface area contributed by atoms with Gasteiger partial charge in [0.05, 0.1) is 18.0 Å². The molecule has 1 heterocycles. The Morgan fingerprint density at radius 2 is 2.33 bits per heavy atom. The molecule has 1 aromatic rings. The van der Waals surface area contributed by atoms with Gasteiger partial charge < -0.3 is 10.1 Å². The summed E-state index contributed by atoms with van der Waals surface area (Å²) in [7, 11) is -3.14. The van der Waals surface area contributed by atoms with E-state index in [9.17, 15) is 13.2 Å². The largest absolute Gasteiger partial charge is 0.481 e. The second kappa shape index (κ2) is 4.43. The highest BCUT2D eigenvalue weighted by Crippen LogP contribution is 2.17. The quantitative estimate of drug-likeness (QED) is 0.745. The molecule has 1 rings (SSSR count). The number of H-pyrrole nitrogens is 1. The number of rotatable bonds is 5. The van der Waals surface area contributed by atoms with Gasteiger partial charge in [-0.15, -0.1) is 0 Å². The Morgan fingerprint density at radius 1 is 1.67 bits per heavy atom. The standard InChI is InChI=1S/C8H12N2O4S/c1-15(13,14)3-2-6(8(11)12)7-4-9-5-10-7/h4-6H,2-3H2,1H3,(H,9,10)(H,11,12). The highest BCUT2D eigenvalue weighted by atomic mass is 32.2. The van der Waals surface area contributed by atoms with E-state index in [0.29, 0.717) is 5.69 Å². The van der Waals surface area contributed by atoms with E-state index in [2.05, 4.69) is 9.97 Å². The molecule has 2 N–H and O–H groups in total. The van der Waals surface area contributed by atoms with Crippen molar-refractivity contribution in [1.82, 2.24) is 9.97 Å². The van der Waals surface area contributed by atoms with Crippen molar-refractivity contribution in [3.8, 4) is 0 Å². The van der Waals surface area contributed by atoms with Crippen molar-refractivity contribution in [1.29, 1.82) is 0 Å². The van der Waals surface area contributed by atoms with Crippen molar-refractivity contribution in [3.63, 3.8) is 0 Å². The van der Waals surface area contributed by atoms with Crippen molar-refractivity contribution < 1.29 is 18.3 Å². The Kier molecular flexibility index (Phi) is 3.46. The second-order valence-corrected chi connectivity index (χ2v) is 5.58. The third kappa shape index (κ3) is 3.70. The van der Waals surface area contributed by atoms with Crippen molar-refractivity contribution in [2.45, 2.75) is 12.3 Å². The summed E-state index contributed by atoms with van der Waals surface area (Å²) < 4.78 is 21.8. The Labute approximate surface area is 87.3 Å². The molecule has 0 saturated carbocycles. The number of nitrogens with one attached hydrogen (secondary N) is 1. The minimum Gasteiger partial charge on any atom is -0.481 e. The number of aromatic amines is 1. The number of aliphatic carboxylic acids is 1. The molecule has 0 spiro atoms. The smallest absolute Gasteiger partial charge is 0.312 e.